The topological polar surface area (TPSA) is 12.0 Å². The number of benzene rings is 1. The minimum Gasteiger partial charge on any atom is -0.309 e. The highest BCUT2D eigenvalue weighted by Gasteiger charge is 2.17. The second-order valence-electron chi connectivity index (χ2n) is 4.84. The van der Waals surface area contributed by atoms with Gasteiger partial charge in [0.05, 0.1) is 0 Å². The normalized spacial score (nSPS) is 13.7. The largest absolute Gasteiger partial charge is 0.309 e. The van der Waals surface area contributed by atoms with E-state index in [9.17, 15) is 0 Å². The molecule has 0 aliphatic heterocycles. The van der Waals surface area contributed by atoms with Crippen molar-refractivity contribution in [3.63, 3.8) is 0 Å². The van der Waals surface area contributed by atoms with Crippen molar-refractivity contribution < 1.29 is 0 Å². The van der Waals surface area contributed by atoms with Crippen LogP contribution in [-0.2, 0) is 0 Å². The third kappa shape index (κ3) is 4.94. The van der Waals surface area contributed by atoms with Gasteiger partial charge in [-0.25, -0.2) is 0 Å². The molecule has 1 aromatic rings. The van der Waals surface area contributed by atoms with Gasteiger partial charge in [-0.05, 0) is 51.0 Å². The van der Waals surface area contributed by atoms with Crippen molar-refractivity contribution in [1.82, 2.24) is 5.32 Å². The van der Waals surface area contributed by atoms with Crippen molar-refractivity contribution in [2.45, 2.75) is 36.5 Å². The zero-order valence-corrected chi connectivity index (χ0v) is 13.0. The SMILES string of the molecule is CSc1ccc(C(C)NCC(C)(C)SC)cc1. The molecule has 0 radical (unpaired) electrons. The summed E-state index contributed by atoms with van der Waals surface area (Å²) in [5.41, 5.74) is 1.36. The maximum Gasteiger partial charge on any atom is 0.0292 e. The van der Waals surface area contributed by atoms with Gasteiger partial charge in [-0.15, -0.1) is 11.8 Å². The molecule has 1 aromatic carbocycles. The fourth-order valence-corrected chi connectivity index (χ4v) is 2.12. The van der Waals surface area contributed by atoms with Gasteiger partial charge < -0.3 is 5.32 Å². The molecule has 0 aliphatic rings. The fourth-order valence-electron chi connectivity index (χ4n) is 1.48. The van der Waals surface area contributed by atoms with Crippen LogP contribution in [0, 0.1) is 0 Å². The molecule has 0 amide bonds. The Balaban J connectivity index is 2.54. The predicted molar refractivity (Wildman–Crippen MR) is 82.2 cm³/mol. The number of nitrogens with one attached hydrogen (secondary N) is 1. The summed E-state index contributed by atoms with van der Waals surface area (Å²) in [5, 5.41) is 3.60. The van der Waals surface area contributed by atoms with Crippen LogP contribution in [-0.4, -0.2) is 23.8 Å². The first-order chi connectivity index (χ1) is 7.98. The lowest BCUT2D eigenvalue weighted by atomic mass is 10.1. The molecule has 0 aromatic heterocycles. The summed E-state index contributed by atoms with van der Waals surface area (Å²) in [6.45, 7) is 7.80. The Morgan fingerprint density at radius 3 is 2.24 bits per heavy atom. The van der Waals surface area contributed by atoms with Crippen LogP contribution in [0.3, 0.4) is 0 Å². The van der Waals surface area contributed by atoms with Crippen molar-refractivity contribution in [2.24, 2.45) is 0 Å². The van der Waals surface area contributed by atoms with Crippen LogP contribution in [0.4, 0.5) is 0 Å². The second-order valence-corrected chi connectivity index (χ2v) is 7.23. The van der Waals surface area contributed by atoms with Gasteiger partial charge in [0.1, 0.15) is 0 Å². The quantitative estimate of drug-likeness (QED) is 0.777. The average Bonchev–Trinajstić information content (AvgIpc) is 2.36. The molecule has 0 fully saturated rings. The van der Waals surface area contributed by atoms with Gasteiger partial charge in [-0.3, -0.25) is 0 Å². The molecule has 0 spiro atoms. The van der Waals surface area contributed by atoms with Crippen LogP contribution in [0.15, 0.2) is 29.2 Å². The van der Waals surface area contributed by atoms with Crippen molar-refractivity contribution in [3.8, 4) is 0 Å². The number of rotatable bonds is 6. The van der Waals surface area contributed by atoms with E-state index in [1.807, 2.05) is 11.8 Å². The molecule has 1 atom stereocenters. The monoisotopic (exact) mass is 269 g/mol. The summed E-state index contributed by atoms with van der Waals surface area (Å²) in [6, 6.07) is 9.23. The Morgan fingerprint density at radius 2 is 1.76 bits per heavy atom. The molecule has 0 aliphatic carbocycles. The third-order valence-electron chi connectivity index (χ3n) is 3.00. The fraction of sp³-hybridized carbons (Fsp3) is 0.571. The van der Waals surface area contributed by atoms with Gasteiger partial charge in [0, 0.05) is 22.2 Å². The molecular weight excluding hydrogens is 246 g/mol. The van der Waals surface area contributed by atoms with E-state index in [1.54, 1.807) is 11.8 Å². The van der Waals surface area contributed by atoms with Crippen LogP contribution in [0.1, 0.15) is 32.4 Å². The predicted octanol–water partition coefficient (Wildman–Crippen LogP) is 4.20. The van der Waals surface area contributed by atoms with Crippen molar-refractivity contribution in [2.75, 3.05) is 19.1 Å². The van der Waals surface area contributed by atoms with Crippen LogP contribution in [0.2, 0.25) is 0 Å². The van der Waals surface area contributed by atoms with Gasteiger partial charge in [-0.1, -0.05) is 12.1 Å². The van der Waals surface area contributed by atoms with E-state index in [4.69, 9.17) is 0 Å². The van der Waals surface area contributed by atoms with E-state index in [-0.39, 0.29) is 0 Å². The van der Waals surface area contributed by atoms with E-state index < -0.39 is 0 Å². The smallest absolute Gasteiger partial charge is 0.0292 e. The van der Waals surface area contributed by atoms with Gasteiger partial charge in [0.15, 0.2) is 0 Å². The Kier molecular flexibility index (Phi) is 5.90. The first-order valence-corrected chi connectivity index (χ1v) is 8.36. The number of hydrogen-bond donors (Lipinski definition) is 1. The summed E-state index contributed by atoms with van der Waals surface area (Å²) in [6.07, 6.45) is 4.28. The highest BCUT2D eigenvalue weighted by Crippen LogP contribution is 2.22. The van der Waals surface area contributed by atoms with Gasteiger partial charge in [0.2, 0.25) is 0 Å². The lowest BCUT2D eigenvalue weighted by Gasteiger charge is -2.25. The lowest BCUT2D eigenvalue weighted by Crippen LogP contribution is -2.33. The Labute approximate surface area is 114 Å². The van der Waals surface area contributed by atoms with Gasteiger partial charge >= 0.3 is 0 Å². The van der Waals surface area contributed by atoms with Crippen molar-refractivity contribution >= 4 is 23.5 Å². The van der Waals surface area contributed by atoms with Crippen LogP contribution in [0.25, 0.3) is 0 Å². The molecule has 3 heteroatoms. The summed E-state index contributed by atoms with van der Waals surface area (Å²) >= 11 is 3.69. The Hall–Kier alpha value is -0.120. The maximum atomic E-state index is 3.60. The maximum absolute atomic E-state index is 3.60. The Morgan fingerprint density at radius 1 is 1.18 bits per heavy atom. The molecule has 0 bridgehead atoms. The van der Waals surface area contributed by atoms with E-state index in [2.05, 4.69) is 62.9 Å². The van der Waals surface area contributed by atoms with E-state index in [1.165, 1.54) is 10.5 Å². The number of thioether (sulfide) groups is 2. The molecule has 1 rings (SSSR count). The van der Waals surface area contributed by atoms with Crippen molar-refractivity contribution in [1.29, 1.82) is 0 Å². The molecule has 0 saturated heterocycles. The highest BCUT2D eigenvalue weighted by atomic mass is 32.2. The zero-order chi connectivity index (χ0) is 12.9. The van der Waals surface area contributed by atoms with Gasteiger partial charge in [-0.2, -0.15) is 11.8 Å². The molecule has 0 saturated carbocycles. The highest BCUT2D eigenvalue weighted by molar-refractivity contribution is 8.00. The molecular formula is C14H23NS2. The van der Waals surface area contributed by atoms with Gasteiger partial charge in [0.25, 0.3) is 0 Å². The molecule has 17 heavy (non-hydrogen) atoms. The van der Waals surface area contributed by atoms with Crippen LogP contribution >= 0.6 is 23.5 Å². The standard InChI is InChI=1S/C14H23NS2/c1-11(15-10-14(2,3)17-5)12-6-8-13(16-4)9-7-12/h6-9,11,15H,10H2,1-5H3. The van der Waals surface area contributed by atoms with E-state index in [0.717, 1.165) is 6.54 Å². The molecule has 1 unspecified atom stereocenters. The van der Waals surface area contributed by atoms with Crippen molar-refractivity contribution in [3.05, 3.63) is 29.8 Å². The Bertz CT molecular complexity index is 333. The van der Waals surface area contributed by atoms with Crippen LogP contribution in [0.5, 0.6) is 0 Å². The molecule has 96 valence electrons. The first kappa shape index (κ1) is 14.9. The summed E-state index contributed by atoms with van der Waals surface area (Å²) in [4.78, 5) is 1.32. The number of hydrogen-bond acceptors (Lipinski definition) is 3. The summed E-state index contributed by atoms with van der Waals surface area (Å²) < 4.78 is 0.299. The average molecular weight is 269 g/mol. The summed E-state index contributed by atoms with van der Waals surface area (Å²) in [7, 11) is 0. The molecule has 0 heterocycles. The van der Waals surface area contributed by atoms with E-state index in [0.29, 0.717) is 10.8 Å². The van der Waals surface area contributed by atoms with Crippen LogP contribution < -0.4 is 5.32 Å². The molecule has 1 N–H and O–H groups in total. The first-order valence-electron chi connectivity index (χ1n) is 5.91. The lowest BCUT2D eigenvalue weighted by molar-refractivity contribution is 0.522. The zero-order valence-electron chi connectivity index (χ0n) is 11.4. The molecule has 1 nitrogen and oxygen atoms in total. The minimum atomic E-state index is 0.299. The minimum absolute atomic E-state index is 0.299. The summed E-state index contributed by atoms with van der Waals surface area (Å²) in [5.74, 6) is 0. The third-order valence-corrected chi connectivity index (χ3v) is 5.00. The second kappa shape index (κ2) is 6.72. The van der Waals surface area contributed by atoms with E-state index >= 15 is 0 Å².